The first-order chi connectivity index (χ1) is 5.70. The quantitative estimate of drug-likeness (QED) is 0.527. The first kappa shape index (κ1) is 8.16. The van der Waals surface area contributed by atoms with Crippen molar-refractivity contribution in [3.63, 3.8) is 0 Å². The Morgan fingerprint density at radius 2 is 2.33 bits per heavy atom. The summed E-state index contributed by atoms with van der Waals surface area (Å²) in [6.07, 6.45) is 0. The van der Waals surface area contributed by atoms with E-state index in [1.54, 1.807) is 6.92 Å². The normalized spacial score (nSPS) is 41.7. The van der Waals surface area contributed by atoms with Crippen molar-refractivity contribution in [2.45, 2.75) is 19.0 Å². The predicted molar refractivity (Wildman–Crippen MR) is 45.5 cm³/mol. The van der Waals surface area contributed by atoms with E-state index < -0.39 is 0 Å². The number of nitrogens with zero attached hydrogens (tertiary/aromatic N) is 1. The van der Waals surface area contributed by atoms with Crippen LogP contribution < -0.4 is 10.9 Å². The molecular formula is C8H15N3O. The van der Waals surface area contributed by atoms with Gasteiger partial charge in [0.05, 0.1) is 6.04 Å². The van der Waals surface area contributed by atoms with Gasteiger partial charge in [0.1, 0.15) is 5.78 Å². The minimum Gasteiger partial charge on any atom is -0.298 e. The van der Waals surface area contributed by atoms with Gasteiger partial charge in [-0.25, -0.2) is 0 Å². The third-order valence-corrected chi connectivity index (χ3v) is 2.92. The van der Waals surface area contributed by atoms with Gasteiger partial charge in [-0.1, -0.05) is 0 Å². The highest BCUT2D eigenvalue weighted by atomic mass is 16.1. The fourth-order valence-electron chi connectivity index (χ4n) is 2.43. The predicted octanol–water partition coefficient (Wildman–Crippen LogP) is -1.02. The molecule has 68 valence electrons. The standard InChI is InChI=1S/C8H15N3O/c1-5(12)8-6-3-9-10-7(6)4-11(8)2/h6-10H,3-4H2,1-2H3/t6?,7?,8-/m1/s1. The van der Waals surface area contributed by atoms with Gasteiger partial charge in [0, 0.05) is 25.0 Å². The van der Waals surface area contributed by atoms with Crippen LogP contribution in [0.3, 0.4) is 0 Å². The molecule has 3 atom stereocenters. The van der Waals surface area contributed by atoms with Crippen molar-refractivity contribution >= 4 is 5.78 Å². The van der Waals surface area contributed by atoms with E-state index in [1.807, 2.05) is 7.05 Å². The van der Waals surface area contributed by atoms with Gasteiger partial charge in [-0.3, -0.25) is 20.5 Å². The number of nitrogens with one attached hydrogen (secondary N) is 2. The van der Waals surface area contributed by atoms with Crippen LogP contribution in [0.1, 0.15) is 6.92 Å². The average Bonchev–Trinajstić information content (AvgIpc) is 2.44. The lowest BCUT2D eigenvalue weighted by Gasteiger charge is -2.20. The van der Waals surface area contributed by atoms with E-state index in [0.717, 1.165) is 13.1 Å². The number of hydrogen-bond acceptors (Lipinski definition) is 4. The van der Waals surface area contributed by atoms with Crippen molar-refractivity contribution in [2.24, 2.45) is 5.92 Å². The van der Waals surface area contributed by atoms with Gasteiger partial charge >= 0.3 is 0 Å². The van der Waals surface area contributed by atoms with Gasteiger partial charge in [0.2, 0.25) is 0 Å². The van der Waals surface area contributed by atoms with Crippen molar-refractivity contribution in [3.05, 3.63) is 0 Å². The highest BCUT2D eigenvalue weighted by molar-refractivity contribution is 5.82. The van der Waals surface area contributed by atoms with Crippen LogP contribution in [0.2, 0.25) is 0 Å². The van der Waals surface area contributed by atoms with Gasteiger partial charge in [0.15, 0.2) is 0 Å². The van der Waals surface area contributed by atoms with Crippen LogP contribution in [0.15, 0.2) is 0 Å². The monoisotopic (exact) mass is 169 g/mol. The summed E-state index contributed by atoms with van der Waals surface area (Å²) in [5.41, 5.74) is 6.29. The van der Waals surface area contributed by atoms with Crippen molar-refractivity contribution < 1.29 is 4.79 Å². The molecule has 0 aromatic carbocycles. The Morgan fingerprint density at radius 1 is 1.58 bits per heavy atom. The molecular weight excluding hydrogens is 154 g/mol. The third-order valence-electron chi connectivity index (χ3n) is 2.92. The van der Waals surface area contributed by atoms with Crippen molar-refractivity contribution in [1.29, 1.82) is 0 Å². The van der Waals surface area contributed by atoms with Crippen LogP contribution in [-0.2, 0) is 4.79 Å². The Bertz CT molecular complexity index is 206. The van der Waals surface area contributed by atoms with Crippen LogP contribution >= 0.6 is 0 Å². The molecule has 0 aromatic heterocycles. The topological polar surface area (TPSA) is 44.4 Å². The maximum absolute atomic E-state index is 11.3. The van der Waals surface area contributed by atoms with Crippen LogP contribution in [0.4, 0.5) is 0 Å². The van der Waals surface area contributed by atoms with Crippen molar-refractivity contribution in [2.75, 3.05) is 20.1 Å². The second-order valence-corrected chi connectivity index (χ2v) is 3.79. The number of Topliss-reactive ketones (excluding diaryl/α,β-unsaturated/α-hetero) is 1. The summed E-state index contributed by atoms with van der Waals surface area (Å²) in [4.78, 5) is 13.4. The maximum Gasteiger partial charge on any atom is 0.147 e. The molecule has 4 nitrogen and oxygen atoms in total. The van der Waals surface area contributed by atoms with E-state index in [2.05, 4.69) is 15.8 Å². The number of likely N-dealkylation sites (tertiary alicyclic amines) is 1. The van der Waals surface area contributed by atoms with Crippen molar-refractivity contribution in [3.8, 4) is 0 Å². The van der Waals surface area contributed by atoms with Crippen molar-refractivity contribution in [1.82, 2.24) is 15.8 Å². The smallest absolute Gasteiger partial charge is 0.147 e. The summed E-state index contributed by atoms with van der Waals surface area (Å²) in [6, 6.07) is 0.585. The van der Waals surface area contributed by atoms with Crippen LogP contribution in [0.5, 0.6) is 0 Å². The van der Waals surface area contributed by atoms with E-state index in [-0.39, 0.29) is 11.8 Å². The molecule has 12 heavy (non-hydrogen) atoms. The largest absolute Gasteiger partial charge is 0.298 e. The zero-order chi connectivity index (χ0) is 8.72. The molecule has 2 aliphatic heterocycles. The minimum absolute atomic E-state index is 0.123. The molecule has 0 amide bonds. The van der Waals surface area contributed by atoms with Crippen LogP contribution in [0, 0.1) is 5.92 Å². The highest BCUT2D eigenvalue weighted by Gasteiger charge is 2.44. The molecule has 0 bridgehead atoms. The number of hydrogen-bond donors (Lipinski definition) is 2. The number of carbonyl (C=O) groups is 1. The molecule has 0 radical (unpaired) electrons. The minimum atomic E-state index is 0.123. The second-order valence-electron chi connectivity index (χ2n) is 3.79. The first-order valence-corrected chi connectivity index (χ1v) is 4.39. The van der Waals surface area contributed by atoms with Crippen LogP contribution in [0.25, 0.3) is 0 Å². The Kier molecular flexibility index (Phi) is 1.90. The van der Waals surface area contributed by atoms with Gasteiger partial charge in [0.25, 0.3) is 0 Å². The molecule has 2 unspecified atom stereocenters. The molecule has 0 spiro atoms. The zero-order valence-electron chi connectivity index (χ0n) is 7.50. The lowest BCUT2D eigenvalue weighted by molar-refractivity contribution is -0.121. The maximum atomic E-state index is 11.3. The van der Waals surface area contributed by atoms with E-state index in [4.69, 9.17) is 0 Å². The fraction of sp³-hybridized carbons (Fsp3) is 0.875. The van der Waals surface area contributed by atoms with Gasteiger partial charge in [-0.05, 0) is 14.0 Å². The third kappa shape index (κ3) is 1.07. The van der Waals surface area contributed by atoms with Gasteiger partial charge < -0.3 is 0 Å². The number of ketones is 1. The second kappa shape index (κ2) is 2.80. The Hall–Kier alpha value is -0.450. The Labute approximate surface area is 72.3 Å². The molecule has 0 saturated carbocycles. The molecule has 0 aliphatic carbocycles. The number of carbonyl (C=O) groups excluding carboxylic acids is 1. The summed E-state index contributed by atoms with van der Waals surface area (Å²) in [7, 11) is 2.02. The lowest BCUT2D eigenvalue weighted by atomic mass is 9.96. The van der Waals surface area contributed by atoms with Crippen LogP contribution in [-0.4, -0.2) is 42.9 Å². The lowest BCUT2D eigenvalue weighted by Crippen LogP contribution is -2.38. The Balaban J connectivity index is 2.15. The summed E-state index contributed by atoms with van der Waals surface area (Å²) < 4.78 is 0. The van der Waals surface area contributed by atoms with Gasteiger partial charge in [-0.15, -0.1) is 0 Å². The number of hydrazine groups is 1. The molecule has 2 rings (SSSR count). The SMILES string of the molecule is CC(=O)[C@@H]1C2CNNC2CN1C. The highest BCUT2D eigenvalue weighted by Crippen LogP contribution is 2.25. The number of likely N-dealkylation sites (N-methyl/N-ethyl adjacent to an activating group) is 1. The van der Waals surface area contributed by atoms with E-state index in [1.165, 1.54) is 0 Å². The van der Waals surface area contributed by atoms with E-state index in [9.17, 15) is 4.79 Å². The molecule has 2 aliphatic rings. The average molecular weight is 169 g/mol. The number of rotatable bonds is 1. The fourth-order valence-corrected chi connectivity index (χ4v) is 2.43. The Morgan fingerprint density at radius 3 is 3.00 bits per heavy atom. The molecule has 2 saturated heterocycles. The molecule has 2 fully saturated rings. The van der Waals surface area contributed by atoms with Gasteiger partial charge in [-0.2, -0.15) is 0 Å². The molecule has 0 aromatic rings. The molecule has 2 N–H and O–H groups in total. The first-order valence-electron chi connectivity index (χ1n) is 4.39. The summed E-state index contributed by atoms with van der Waals surface area (Å²) in [5.74, 6) is 0.753. The zero-order valence-corrected chi connectivity index (χ0v) is 7.50. The van der Waals surface area contributed by atoms with E-state index >= 15 is 0 Å². The summed E-state index contributed by atoms with van der Waals surface area (Å²) >= 11 is 0. The number of fused-ring (bicyclic) bond motifs is 1. The summed E-state index contributed by atoms with van der Waals surface area (Å²) in [6.45, 7) is 3.57. The van der Waals surface area contributed by atoms with E-state index in [0.29, 0.717) is 12.0 Å². The molecule has 2 heterocycles. The molecule has 4 heteroatoms. The summed E-state index contributed by atoms with van der Waals surface area (Å²) in [5, 5.41) is 0.